The van der Waals surface area contributed by atoms with E-state index >= 15 is 0 Å². The quantitative estimate of drug-likeness (QED) is 0.213. The smallest absolute Gasteiger partial charge is 0.251 e. The van der Waals surface area contributed by atoms with Crippen LogP contribution in [0, 0.1) is 5.41 Å². The van der Waals surface area contributed by atoms with Crippen molar-refractivity contribution in [2.45, 2.75) is 58.9 Å². The van der Waals surface area contributed by atoms with E-state index in [1.165, 1.54) is 0 Å². The lowest BCUT2D eigenvalue weighted by Gasteiger charge is -2.22. The van der Waals surface area contributed by atoms with Crippen LogP contribution in [0.2, 0.25) is 5.02 Å². The molecule has 0 saturated carbocycles. The van der Waals surface area contributed by atoms with Gasteiger partial charge in [-0.1, -0.05) is 61.8 Å². The number of carbonyl (C=O) groups excluding carboxylic acids is 3. The first-order valence-electron chi connectivity index (χ1n) is 13.1. The molecule has 0 fully saturated rings. The number of benzene rings is 2. The molecular weight excluding hydrogens is 518 g/mol. The molecule has 0 aliphatic heterocycles. The molecule has 0 aliphatic carbocycles. The lowest BCUT2D eigenvalue weighted by atomic mass is 9.94. The summed E-state index contributed by atoms with van der Waals surface area (Å²) in [5.74, 6) is -0.616. The molecule has 0 radical (unpaired) electrons. The van der Waals surface area contributed by atoms with Crippen LogP contribution in [-0.2, 0) is 17.6 Å². The number of nitrogens with zero attached hydrogens (tertiary/aromatic N) is 2. The Kier molecular flexibility index (Phi) is 10.8. The van der Waals surface area contributed by atoms with Gasteiger partial charge in [0, 0.05) is 22.5 Å². The molecule has 9 nitrogen and oxygen atoms in total. The summed E-state index contributed by atoms with van der Waals surface area (Å²) in [6, 6.07) is 13.8. The van der Waals surface area contributed by atoms with Crippen molar-refractivity contribution < 1.29 is 18.9 Å². The van der Waals surface area contributed by atoms with Crippen molar-refractivity contribution >= 4 is 29.2 Å². The zero-order valence-electron chi connectivity index (χ0n) is 22.6. The van der Waals surface area contributed by atoms with Crippen molar-refractivity contribution in [3.05, 3.63) is 82.0 Å². The summed E-state index contributed by atoms with van der Waals surface area (Å²) in [7, 11) is 0. The Morgan fingerprint density at radius 2 is 1.79 bits per heavy atom. The fraction of sp³-hybridized carbons (Fsp3) is 0.414. The summed E-state index contributed by atoms with van der Waals surface area (Å²) in [5, 5.41) is 10.3. The first kappa shape index (κ1) is 30.0. The number of carbonyl (C=O) groups is 3. The van der Waals surface area contributed by atoms with E-state index < -0.39 is 17.2 Å². The van der Waals surface area contributed by atoms with Crippen LogP contribution in [0.3, 0.4) is 0 Å². The number of amides is 2. The molecule has 0 bridgehead atoms. The van der Waals surface area contributed by atoms with Crippen LogP contribution < -0.4 is 16.4 Å². The number of hydrogen-bond acceptors (Lipinski definition) is 7. The second-order valence-corrected chi connectivity index (χ2v) is 10.9. The van der Waals surface area contributed by atoms with Gasteiger partial charge in [0.15, 0.2) is 0 Å². The van der Waals surface area contributed by atoms with Crippen LogP contribution in [0.4, 0.5) is 0 Å². The number of ketones is 1. The molecule has 2 aromatic carbocycles. The van der Waals surface area contributed by atoms with Crippen molar-refractivity contribution in [3.63, 3.8) is 0 Å². The lowest BCUT2D eigenvalue weighted by molar-refractivity contribution is -0.129. The van der Waals surface area contributed by atoms with Crippen molar-refractivity contribution in [1.29, 1.82) is 0 Å². The highest BCUT2D eigenvalue weighted by molar-refractivity contribution is 6.30. The lowest BCUT2D eigenvalue weighted by Crippen LogP contribution is -2.46. The van der Waals surface area contributed by atoms with E-state index in [0.29, 0.717) is 49.4 Å². The van der Waals surface area contributed by atoms with Crippen molar-refractivity contribution in [3.8, 4) is 0 Å². The zero-order chi connectivity index (χ0) is 28.4. The molecule has 208 valence electrons. The van der Waals surface area contributed by atoms with Gasteiger partial charge in [-0.25, -0.2) is 0 Å². The Morgan fingerprint density at radius 1 is 1.05 bits per heavy atom. The topological polar surface area (TPSA) is 140 Å². The highest BCUT2D eigenvalue weighted by Gasteiger charge is 2.30. The van der Waals surface area contributed by atoms with Gasteiger partial charge in [-0.3, -0.25) is 14.4 Å². The molecule has 0 saturated heterocycles. The van der Waals surface area contributed by atoms with Crippen LogP contribution in [0.5, 0.6) is 0 Å². The molecule has 1 heterocycles. The maximum Gasteiger partial charge on any atom is 0.251 e. The van der Waals surface area contributed by atoms with Gasteiger partial charge in [0.2, 0.25) is 23.4 Å². The van der Waals surface area contributed by atoms with Crippen molar-refractivity contribution in [2.24, 2.45) is 11.1 Å². The molecule has 2 amide bonds. The predicted molar refractivity (Wildman–Crippen MR) is 150 cm³/mol. The molecular formula is C29H36ClN5O4. The third kappa shape index (κ3) is 9.30. The standard InChI is InChI=1S/C29H36ClN5O4/c1-29(2,3)28(38)33-23(9-4-5-15-31)25(36)26-34-24(39-35-26)18-20-10-12-21(13-11-20)27(37)32-16-14-19-7-6-8-22(30)17-19/h6-8,10-13,17,23H,4-5,9,14-16,18,31H2,1-3H3,(H,32,37)(H,33,38)/t23-/m0/s1. The van der Waals surface area contributed by atoms with E-state index in [-0.39, 0.29) is 23.5 Å². The molecule has 4 N–H and O–H groups in total. The van der Waals surface area contributed by atoms with Gasteiger partial charge in [-0.2, -0.15) is 4.98 Å². The van der Waals surface area contributed by atoms with Crippen LogP contribution in [0.25, 0.3) is 0 Å². The second kappa shape index (κ2) is 14.0. The van der Waals surface area contributed by atoms with Crippen molar-refractivity contribution in [2.75, 3.05) is 13.1 Å². The summed E-state index contributed by atoms with van der Waals surface area (Å²) in [4.78, 5) is 42.4. The Bertz CT molecular complexity index is 1270. The Labute approximate surface area is 233 Å². The van der Waals surface area contributed by atoms with E-state index in [1.54, 1.807) is 45.0 Å². The number of rotatable bonds is 13. The Morgan fingerprint density at radius 3 is 2.46 bits per heavy atom. The summed E-state index contributed by atoms with van der Waals surface area (Å²) >= 11 is 6.00. The second-order valence-electron chi connectivity index (χ2n) is 10.4. The van der Waals surface area contributed by atoms with E-state index in [4.69, 9.17) is 21.9 Å². The molecule has 3 rings (SSSR count). The number of nitrogens with one attached hydrogen (secondary N) is 2. The molecule has 0 unspecified atom stereocenters. The summed E-state index contributed by atoms with van der Waals surface area (Å²) in [6.45, 7) is 6.34. The van der Waals surface area contributed by atoms with Gasteiger partial charge >= 0.3 is 0 Å². The molecule has 0 spiro atoms. The molecule has 1 aromatic heterocycles. The minimum absolute atomic E-state index is 0.0762. The molecule has 39 heavy (non-hydrogen) atoms. The van der Waals surface area contributed by atoms with Gasteiger partial charge in [0.1, 0.15) is 0 Å². The Balaban J connectivity index is 1.57. The number of unbranched alkanes of at least 4 members (excludes halogenated alkanes) is 1. The number of hydrogen-bond donors (Lipinski definition) is 3. The molecule has 0 aliphatic rings. The zero-order valence-corrected chi connectivity index (χ0v) is 23.4. The third-order valence-corrected chi connectivity index (χ3v) is 6.33. The number of Topliss-reactive ketones (excluding diaryl/α,β-unsaturated/α-hetero) is 1. The van der Waals surface area contributed by atoms with E-state index in [1.807, 2.05) is 24.3 Å². The first-order chi connectivity index (χ1) is 18.6. The minimum atomic E-state index is -0.759. The largest absolute Gasteiger partial charge is 0.352 e. The summed E-state index contributed by atoms with van der Waals surface area (Å²) in [5.41, 5.74) is 7.36. The molecule has 1 atom stereocenters. The average molecular weight is 554 g/mol. The van der Waals surface area contributed by atoms with Gasteiger partial charge in [-0.05, 0) is 67.6 Å². The fourth-order valence-corrected chi connectivity index (χ4v) is 4.00. The molecule has 10 heteroatoms. The van der Waals surface area contributed by atoms with Gasteiger partial charge < -0.3 is 20.9 Å². The minimum Gasteiger partial charge on any atom is -0.352 e. The van der Waals surface area contributed by atoms with Crippen molar-refractivity contribution in [1.82, 2.24) is 20.8 Å². The summed E-state index contributed by atoms with van der Waals surface area (Å²) in [6.07, 6.45) is 2.83. The van der Waals surface area contributed by atoms with E-state index in [2.05, 4.69) is 20.8 Å². The maximum atomic E-state index is 13.1. The number of aromatic nitrogens is 2. The van der Waals surface area contributed by atoms with E-state index in [0.717, 1.165) is 17.5 Å². The van der Waals surface area contributed by atoms with Gasteiger partial charge in [-0.15, -0.1) is 0 Å². The first-order valence-corrected chi connectivity index (χ1v) is 13.4. The fourth-order valence-electron chi connectivity index (χ4n) is 3.78. The van der Waals surface area contributed by atoms with E-state index in [9.17, 15) is 14.4 Å². The van der Waals surface area contributed by atoms with Gasteiger partial charge in [0.05, 0.1) is 12.5 Å². The van der Waals surface area contributed by atoms with Crippen LogP contribution in [0.15, 0.2) is 53.1 Å². The predicted octanol–water partition coefficient (Wildman–Crippen LogP) is 4.13. The highest BCUT2D eigenvalue weighted by Crippen LogP contribution is 2.16. The van der Waals surface area contributed by atoms with Gasteiger partial charge in [0.25, 0.3) is 5.91 Å². The normalized spacial score (nSPS) is 12.1. The number of halogens is 1. The highest BCUT2D eigenvalue weighted by atomic mass is 35.5. The van der Waals surface area contributed by atoms with Crippen LogP contribution in [-0.4, -0.2) is 46.9 Å². The third-order valence-electron chi connectivity index (χ3n) is 6.10. The summed E-state index contributed by atoms with van der Waals surface area (Å²) < 4.78 is 5.32. The average Bonchev–Trinajstić information content (AvgIpc) is 3.36. The van der Waals surface area contributed by atoms with Crippen LogP contribution in [0.1, 0.15) is 78.0 Å². The monoisotopic (exact) mass is 553 g/mol. The molecule has 3 aromatic rings. The Hall–Kier alpha value is -3.56. The SMILES string of the molecule is CC(C)(C)C(=O)N[C@@H](CCCCN)C(=O)c1noc(Cc2ccc(C(=O)NCCc3cccc(Cl)c3)cc2)n1. The maximum absolute atomic E-state index is 13.1. The van der Waals surface area contributed by atoms with Crippen LogP contribution >= 0.6 is 11.6 Å². The number of nitrogens with two attached hydrogens (primary N) is 1.